The van der Waals surface area contributed by atoms with Crippen LogP contribution in [0.1, 0.15) is 47.2 Å². The van der Waals surface area contributed by atoms with Gasteiger partial charge in [-0.3, -0.25) is 23.5 Å². The molecule has 4 aromatic rings. The lowest BCUT2D eigenvalue weighted by Crippen LogP contribution is -2.42. The predicted molar refractivity (Wildman–Crippen MR) is 132 cm³/mol. The molecule has 0 bridgehead atoms. The molecule has 2 heterocycles. The normalized spacial score (nSPS) is 11.5. The van der Waals surface area contributed by atoms with Crippen LogP contribution in [-0.4, -0.2) is 19.5 Å². The molecule has 0 aliphatic rings. The first-order valence-electron chi connectivity index (χ1n) is 10.9. The molecule has 0 aliphatic heterocycles. The number of benzene rings is 2. The molecule has 0 unspecified atom stereocenters. The number of aromatic nitrogens is 3. The SMILES string of the molecule is Cc1cc(C(=O)Cn2c(=O)c(=O)n(Cc3ccccc3)c3ccc(Cl)cc32)c(C)n1C(C)C. The monoisotopic (exact) mass is 463 g/mol. The fraction of sp³-hybridized carbons (Fsp3) is 0.269. The van der Waals surface area contributed by atoms with E-state index >= 15 is 0 Å². The first kappa shape index (κ1) is 22.8. The Morgan fingerprint density at radius 3 is 2.21 bits per heavy atom. The van der Waals surface area contributed by atoms with Crippen LogP contribution >= 0.6 is 11.6 Å². The van der Waals surface area contributed by atoms with Gasteiger partial charge in [-0.15, -0.1) is 0 Å². The summed E-state index contributed by atoms with van der Waals surface area (Å²) in [5.74, 6) is -0.224. The summed E-state index contributed by atoms with van der Waals surface area (Å²) in [7, 11) is 0. The molecule has 0 spiro atoms. The average Bonchev–Trinajstić information content (AvgIpc) is 3.09. The third-order valence-corrected chi connectivity index (χ3v) is 6.21. The number of nitrogens with zero attached hydrogens (tertiary/aromatic N) is 3. The number of fused-ring (bicyclic) bond motifs is 1. The Hall–Kier alpha value is -3.38. The summed E-state index contributed by atoms with van der Waals surface area (Å²) in [4.78, 5) is 39.5. The van der Waals surface area contributed by atoms with Gasteiger partial charge in [0.1, 0.15) is 0 Å². The average molecular weight is 464 g/mol. The Labute approximate surface area is 196 Å². The summed E-state index contributed by atoms with van der Waals surface area (Å²) < 4.78 is 4.77. The van der Waals surface area contributed by atoms with E-state index in [-0.39, 0.29) is 24.9 Å². The summed E-state index contributed by atoms with van der Waals surface area (Å²) in [6.45, 7) is 7.98. The summed E-state index contributed by atoms with van der Waals surface area (Å²) >= 11 is 6.24. The molecule has 7 heteroatoms. The summed E-state index contributed by atoms with van der Waals surface area (Å²) in [6, 6.07) is 16.5. The van der Waals surface area contributed by atoms with E-state index in [1.807, 2.05) is 50.2 Å². The minimum absolute atomic E-state index is 0.204. The smallest absolute Gasteiger partial charge is 0.317 e. The Kier molecular flexibility index (Phi) is 6.13. The largest absolute Gasteiger partial charge is 0.346 e. The van der Waals surface area contributed by atoms with Crippen LogP contribution in [0.15, 0.2) is 64.2 Å². The van der Waals surface area contributed by atoms with Gasteiger partial charge in [-0.1, -0.05) is 41.9 Å². The highest BCUT2D eigenvalue weighted by Crippen LogP contribution is 2.22. The molecule has 0 radical (unpaired) electrons. The lowest BCUT2D eigenvalue weighted by Gasteiger charge is -2.16. The second-order valence-electron chi connectivity index (χ2n) is 8.57. The van der Waals surface area contributed by atoms with Crippen molar-refractivity contribution in [2.45, 2.75) is 46.8 Å². The van der Waals surface area contributed by atoms with Gasteiger partial charge >= 0.3 is 11.1 Å². The maximum absolute atomic E-state index is 13.3. The van der Waals surface area contributed by atoms with E-state index in [0.29, 0.717) is 21.6 Å². The van der Waals surface area contributed by atoms with Crippen LogP contribution in [0.25, 0.3) is 11.0 Å². The van der Waals surface area contributed by atoms with Crippen molar-refractivity contribution in [3.8, 4) is 0 Å². The minimum atomic E-state index is -0.744. The van der Waals surface area contributed by atoms with Crippen molar-refractivity contribution in [2.75, 3.05) is 0 Å². The number of aryl methyl sites for hydroxylation is 1. The van der Waals surface area contributed by atoms with Crippen molar-refractivity contribution in [3.05, 3.63) is 103 Å². The van der Waals surface area contributed by atoms with Gasteiger partial charge in [0.15, 0.2) is 5.78 Å². The molecule has 0 atom stereocenters. The molecule has 33 heavy (non-hydrogen) atoms. The molecule has 4 rings (SSSR count). The van der Waals surface area contributed by atoms with Crippen LogP contribution < -0.4 is 11.1 Å². The number of rotatable bonds is 6. The number of Topliss-reactive ketones (excluding diaryl/α,β-unsaturated/α-hetero) is 1. The lowest BCUT2D eigenvalue weighted by molar-refractivity contribution is 0.0971. The third kappa shape index (κ3) is 4.18. The van der Waals surface area contributed by atoms with Crippen molar-refractivity contribution in [1.82, 2.24) is 13.7 Å². The van der Waals surface area contributed by atoms with E-state index in [4.69, 9.17) is 11.6 Å². The molecule has 0 amide bonds. The number of hydrogen-bond acceptors (Lipinski definition) is 3. The third-order valence-electron chi connectivity index (χ3n) is 5.98. The lowest BCUT2D eigenvalue weighted by atomic mass is 10.1. The molecule has 2 aromatic heterocycles. The fourth-order valence-corrected chi connectivity index (χ4v) is 4.72. The molecule has 0 saturated carbocycles. The van der Waals surface area contributed by atoms with E-state index in [2.05, 4.69) is 18.4 Å². The molecule has 0 N–H and O–H groups in total. The Balaban J connectivity index is 1.85. The van der Waals surface area contributed by atoms with Gasteiger partial charge in [0.25, 0.3) is 0 Å². The number of carbonyl (C=O) groups excluding carboxylic acids is 1. The Morgan fingerprint density at radius 1 is 0.909 bits per heavy atom. The van der Waals surface area contributed by atoms with Crippen molar-refractivity contribution in [2.24, 2.45) is 0 Å². The van der Waals surface area contributed by atoms with Gasteiger partial charge in [0.05, 0.1) is 24.1 Å². The first-order chi connectivity index (χ1) is 15.7. The van der Waals surface area contributed by atoms with E-state index < -0.39 is 11.1 Å². The number of carbonyl (C=O) groups is 1. The zero-order valence-electron chi connectivity index (χ0n) is 19.1. The highest BCUT2D eigenvalue weighted by Gasteiger charge is 2.21. The quantitative estimate of drug-likeness (QED) is 0.306. The topological polar surface area (TPSA) is 66.0 Å². The molecule has 2 aromatic carbocycles. The summed E-state index contributed by atoms with van der Waals surface area (Å²) in [5.41, 5.74) is 2.86. The minimum Gasteiger partial charge on any atom is -0.346 e. The van der Waals surface area contributed by atoms with Gasteiger partial charge in [0, 0.05) is 28.0 Å². The zero-order chi connectivity index (χ0) is 23.9. The van der Waals surface area contributed by atoms with Gasteiger partial charge in [-0.25, -0.2) is 0 Å². The zero-order valence-corrected chi connectivity index (χ0v) is 19.9. The van der Waals surface area contributed by atoms with Crippen molar-refractivity contribution < 1.29 is 4.79 Å². The van der Waals surface area contributed by atoms with E-state index in [1.165, 1.54) is 9.13 Å². The second-order valence-corrected chi connectivity index (χ2v) is 9.01. The standard InChI is InChI=1S/C26H26ClN3O3/c1-16(2)30-17(3)12-21(18(30)4)24(31)15-29-23-13-20(27)10-11-22(23)28(25(32)26(29)33)14-19-8-6-5-7-9-19/h5-13,16H,14-15H2,1-4H3. The number of hydrogen-bond donors (Lipinski definition) is 0. The highest BCUT2D eigenvalue weighted by atomic mass is 35.5. The van der Waals surface area contributed by atoms with E-state index in [0.717, 1.165) is 17.0 Å². The van der Waals surface area contributed by atoms with Crippen molar-refractivity contribution in [3.63, 3.8) is 0 Å². The molecular weight excluding hydrogens is 438 g/mol. The maximum Gasteiger partial charge on any atom is 0.317 e. The summed E-state index contributed by atoms with van der Waals surface area (Å²) in [5, 5.41) is 0.422. The van der Waals surface area contributed by atoms with Crippen molar-refractivity contribution in [1.29, 1.82) is 0 Å². The maximum atomic E-state index is 13.3. The number of ketones is 1. The fourth-order valence-electron chi connectivity index (χ4n) is 4.55. The van der Waals surface area contributed by atoms with Crippen LogP contribution in [0.5, 0.6) is 0 Å². The molecule has 0 saturated heterocycles. The van der Waals surface area contributed by atoms with Gasteiger partial charge in [-0.05, 0) is 57.5 Å². The first-order valence-corrected chi connectivity index (χ1v) is 11.2. The summed E-state index contributed by atoms with van der Waals surface area (Å²) in [6.07, 6.45) is 0. The van der Waals surface area contributed by atoms with Crippen LogP contribution in [0.2, 0.25) is 5.02 Å². The van der Waals surface area contributed by atoms with Crippen LogP contribution in [0.4, 0.5) is 0 Å². The van der Waals surface area contributed by atoms with E-state index in [1.54, 1.807) is 18.2 Å². The highest BCUT2D eigenvalue weighted by molar-refractivity contribution is 6.31. The number of halogens is 1. The van der Waals surface area contributed by atoms with Crippen LogP contribution in [0.3, 0.4) is 0 Å². The van der Waals surface area contributed by atoms with Crippen molar-refractivity contribution >= 4 is 28.4 Å². The molecule has 170 valence electrons. The van der Waals surface area contributed by atoms with Gasteiger partial charge in [-0.2, -0.15) is 0 Å². The molecule has 6 nitrogen and oxygen atoms in total. The van der Waals surface area contributed by atoms with Crippen LogP contribution in [-0.2, 0) is 13.1 Å². The van der Waals surface area contributed by atoms with Gasteiger partial charge < -0.3 is 4.57 Å². The predicted octanol–water partition coefficient (Wildman–Crippen LogP) is 4.75. The van der Waals surface area contributed by atoms with Crippen LogP contribution in [0, 0.1) is 13.8 Å². The second kappa shape index (κ2) is 8.87. The molecular formula is C26H26ClN3O3. The Morgan fingerprint density at radius 2 is 1.58 bits per heavy atom. The Bertz CT molecular complexity index is 1480. The molecule has 0 aliphatic carbocycles. The molecule has 0 fully saturated rings. The van der Waals surface area contributed by atoms with Gasteiger partial charge in [0.2, 0.25) is 0 Å². The van der Waals surface area contributed by atoms with E-state index in [9.17, 15) is 14.4 Å².